The molecule has 2 amide bonds. The average molecular weight is 494 g/mol. The molecular formula is C31H35N5O. The van der Waals surface area contributed by atoms with Gasteiger partial charge in [0.05, 0.1) is 11.6 Å². The van der Waals surface area contributed by atoms with E-state index < -0.39 is 0 Å². The van der Waals surface area contributed by atoms with E-state index in [9.17, 15) is 4.79 Å². The lowest BCUT2D eigenvalue weighted by molar-refractivity contribution is 0.140. The Labute approximate surface area is 219 Å². The first-order valence-corrected chi connectivity index (χ1v) is 13.0. The molecule has 4 aromatic rings. The first-order valence-electron chi connectivity index (χ1n) is 13.0. The molecule has 5 rings (SSSR count). The van der Waals surface area contributed by atoms with Crippen molar-refractivity contribution < 1.29 is 4.79 Å². The van der Waals surface area contributed by atoms with E-state index in [2.05, 4.69) is 66.8 Å². The molecule has 37 heavy (non-hydrogen) atoms. The third-order valence-corrected chi connectivity index (χ3v) is 7.38. The Hall–Kier alpha value is -4.06. The lowest BCUT2D eigenvalue weighted by Crippen LogP contribution is -2.48. The standard InChI is InChI=1S/C31H35N5O/c1-35(2)28-21-29(34-27-16-10-9-15-26(27)28)33-24-17-19-25(20-18-24)36(31(32)37)30(22-11-5-3-6-12-22)23-13-7-4-8-14-23/h3-16,21,24-25,30H,17-20H2,1-2H3,(H2,32,37)(H,33,34)/t24-,25+. The van der Waals surface area contributed by atoms with Crippen molar-refractivity contribution in [3.05, 3.63) is 102 Å². The monoisotopic (exact) mass is 493 g/mol. The highest BCUT2D eigenvalue weighted by Crippen LogP contribution is 2.36. The summed E-state index contributed by atoms with van der Waals surface area (Å²) >= 11 is 0. The summed E-state index contributed by atoms with van der Waals surface area (Å²) in [4.78, 5) is 21.8. The third-order valence-electron chi connectivity index (χ3n) is 7.38. The number of carbonyl (C=O) groups excluding carboxylic acids is 1. The molecule has 0 spiro atoms. The van der Waals surface area contributed by atoms with E-state index in [0.29, 0.717) is 6.04 Å². The number of hydrogen-bond acceptors (Lipinski definition) is 4. The highest BCUT2D eigenvalue weighted by atomic mass is 16.2. The molecule has 0 unspecified atom stereocenters. The zero-order valence-corrected chi connectivity index (χ0v) is 21.5. The van der Waals surface area contributed by atoms with Gasteiger partial charge in [0.15, 0.2) is 0 Å². The molecule has 3 aromatic carbocycles. The smallest absolute Gasteiger partial charge is 0.315 e. The van der Waals surface area contributed by atoms with Gasteiger partial charge in [-0.1, -0.05) is 78.9 Å². The minimum atomic E-state index is -0.374. The van der Waals surface area contributed by atoms with Crippen LogP contribution in [0.15, 0.2) is 91.0 Å². The Bertz CT molecular complexity index is 1290. The van der Waals surface area contributed by atoms with Gasteiger partial charge in [0, 0.05) is 43.3 Å². The molecule has 0 saturated heterocycles. The van der Waals surface area contributed by atoms with Gasteiger partial charge in [-0.05, 0) is 42.9 Å². The molecule has 0 aliphatic heterocycles. The fraction of sp³-hybridized carbons (Fsp3) is 0.290. The van der Waals surface area contributed by atoms with Crippen molar-refractivity contribution in [2.75, 3.05) is 24.3 Å². The number of benzene rings is 3. The van der Waals surface area contributed by atoms with Crippen molar-refractivity contribution in [1.82, 2.24) is 9.88 Å². The van der Waals surface area contributed by atoms with Gasteiger partial charge in [-0.2, -0.15) is 0 Å². The summed E-state index contributed by atoms with van der Waals surface area (Å²) in [5.74, 6) is 0.893. The summed E-state index contributed by atoms with van der Waals surface area (Å²) in [6.07, 6.45) is 3.64. The van der Waals surface area contributed by atoms with E-state index >= 15 is 0 Å². The lowest BCUT2D eigenvalue weighted by atomic mass is 9.87. The number of primary amides is 1. The van der Waals surface area contributed by atoms with Gasteiger partial charge >= 0.3 is 6.03 Å². The highest BCUT2D eigenvalue weighted by Gasteiger charge is 2.34. The molecule has 6 nitrogen and oxygen atoms in total. The summed E-state index contributed by atoms with van der Waals surface area (Å²) < 4.78 is 0. The molecule has 6 heteroatoms. The van der Waals surface area contributed by atoms with Gasteiger partial charge in [-0.25, -0.2) is 9.78 Å². The molecule has 0 radical (unpaired) electrons. The van der Waals surface area contributed by atoms with Gasteiger partial charge in [-0.15, -0.1) is 0 Å². The van der Waals surface area contributed by atoms with Gasteiger partial charge in [0.1, 0.15) is 5.82 Å². The number of nitrogens with zero attached hydrogens (tertiary/aromatic N) is 3. The van der Waals surface area contributed by atoms with Crippen LogP contribution < -0.4 is 16.0 Å². The number of fused-ring (bicyclic) bond motifs is 1. The first kappa shape index (κ1) is 24.6. The maximum Gasteiger partial charge on any atom is 0.315 e. The number of urea groups is 1. The number of nitrogens with two attached hydrogens (primary N) is 1. The van der Waals surface area contributed by atoms with Crippen LogP contribution in [-0.4, -0.2) is 42.1 Å². The number of anilines is 2. The van der Waals surface area contributed by atoms with E-state index in [1.54, 1.807) is 0 Å². The molecule has 3 N–H and O–H groups in total. The Morgan fingerprint density at radius 3 is 2.00 bits per heavy atom. The Balaban J connectivity index is 1.35. The first-order chi connectivity index (χ1) is 18.0. The quantitative estimate of drug-likeness (QED) is 0.322. The van der Waals surface area contributed by atoms with E-state index in [1.165, 1.54) is 0 Å². The molecule has 1 aliphatic carbocycles. The number of rotatable bonds is 7. The number of carbonyl (C=O) groups is 1. The maximum absolute atomic E-state index is 12.9. The normalized spacial score (nSPS) is 17.5. The van der Waals surface area contributed by atoms with Crippen LogP contribution in [0.5, 0.6) is 0 Å². The minimum Gasteiger partial charge on any atom is -0.377 e. The molecule has 1 heterocycles. The van der Waals surface area contributed by atoms with Crippen LogP contribution in [0.2, 0.25) is 0 Å². The summed E-state index contributed by atoms with van der Waals surface area (Å²) in [7, 11) is 4.12. The molecule has 190 valence electrons. The topological polar surface area (TPSA) is 74.5 Å². The molecule has 0 atom stereocenters. The fourth-order valence-electron chi connectivity index (χ4n) is 5.61. The molecule has 0 bridgehead atoms. The molecule has 1 fully saturated rings. The van der Waals surface area contributed by atoms with Crippen LogP contribution in [0.4, 0.5) is 16.3 Å². The van der Waals surface area contributed by atoms with Crippen LogP contribution in [0.3, 0.4) is 0 Å². The van der Waals surface area contributed by atoms with Gasteiger partial charge < -0.3 is 20.9 Å². The summed E-state index contributed by atoms with van der Waals surface area (Å²) in [5.41, 5.74) is 10.3. The van der Waals surface area contributed by atoms with E-state index in [0.717, 1.165) is 59.2 Å². The second-order valence-electron chi connectivity index (χ2n) is 10.1. The number of nitrogens with one attached hydrogen (secondary N) is 1. The predicted octanol–water partition coefficient (Wildman–Crippen LogP) is 6.19. The number of amides is 2. The number of pyridine rings is 1. The van der Waals surface area contributed by atoms with Crippen molar-refractivity contribution in [2.24, 2.45) is 5.73 Å². The van der Waals surface area contributed by atoms with Gasteiger partial charge in [0.25, 0.3) is 0 Å². The minimum absolute atomic E-state index is 0.0721. The van der Waals surface area contributed by atoms with Crippen molar-refractivity contribution in [3.8, 4) is 0 Å². The van der Waals surface area contributed by atoms with E-state index in [1.807, 2.05) is 53.4 Å². The SMILES string of the molecule is CN(C)c1cc(N[C@H]2CC[C@@H](N(C(N)=O)C(c3ccccc3)c3ccccc3)CC2)nc2ccccc12. The predicted molar refractivity (Wildman–Crippen MR) is 152 cm³/mol. The van der Waals surface area contributed by atoms with Crippen LogP contribution in [0.1, 0.15) is 42.9 Å². The van der Waals surface area contributed by atoms with Gasteiger partial charge in [-0.3, -0.25) is 0 Å². The van der Waals surface area contributed by atoms with E-state index in [-0.39, 0.29) is 18.1 Å². The second kappa shape index (κ2) is 10.9. The lowest BCUT2D eigenvalue weighted by Gasteiger charge is -2.41. The Morgan fingerprint density at radius 2 is 1.43 bits per heavy atom. The molecule has 1 saturated carbocycles. The second-order valence-corrected chi connectivity index (χ2v) is 10.1. The summed E-state index contributed by atoms with van der Waals surface area (Å²) in [6, 6.07) is 30.5. The zero-order chi connectivity index (χ0) is 25.8. The number of para-hydroxylation sites is 1. The summed E-state index contributed by atoms with van der Waals surface area (Å²) in [6.45, 7) is 0. The van der Waals surface area contributed by atoms with Crippen molar-refractivity contribution in [1.29, 1.82) is 0 Å². The van der Waals surface area contributed by atoms with E-state index in [4.69, 9.17) is 10.7 Å². The van der Waals surface area contributed by atoms with Gasteiger partial charge in [0.2, 0.25) is 0 Å². The van der Waals surface area contributed by atoms with Crippen molar-refractivity contribution in [2.45, 2.75) is 43.8 Å². The third kappa shape index (κ3) is 5.38. The van der Waals surface area contributed by atoms with Crippen LogP contribution >= 0.6 is 0 Å². The molecule has 1 aliphatic rings. The number of aromatic nitrogens is 1. The highest BCUT2D eigenvalue weighted by molar-refractivity contribution is 5.93. The maximum atomic E-state index is 12.9. The Morgan fingerprint density at radius 1 is 0.865 bits per heavy atom. The Kier molecular flexibility index (Phi) is 7.26. The molecule has 1 aromatic heterocycles. The van der Waals surface area contributed by atoms with Crippen molar-refractivity contribution in [3.63, 3.8) is 0 Å². The average Bonchev–Trinajstić information content (AvgIpc) is 2.92. The van der Waals surface area contributed by atoms with Crippen LogP contribution in [0.25, 0.3) is 10.9 Å². The molecular weight excluding hydrogens is 458 g/mol. The summed E-state index contributed by atoms with van der Waals surface area (Å²) in [5, 5.41) is 4.82. The van der Waals surface area contributed by atoms with Crippen LogP contribution in [0, 0.1) is 0 Å². The van der Waals surface area contributed by atoms with Crippen LogP contribution in [-0.2, 0) is 0 Å². The zero-order valence-electron chi connectivity index (χ0n) is 21.5. The largest absolute Gasteiger partial charge is 0.377 e. The van der Waals surface area contributed by atoms with Crippen molar-refractivity contribution >= 4 is 28.4 Å². The fourth-order valence-corrected chi connectivity index (χ4v) is 5.61. The number of hydrogen-bond donors (Lipinski definition) is 2.